The third-order valence-corrected chi connectivity index (χ3v) is 10.4. The molecule has 3 aromatic rings. The Kier molecular flexibility index (Phi) is 5.71. The minimum atomic E-state index is -2.78. The Morgan fingerprint density at radius 1 is 1.26 bits per heavy atom. The molecule has 0 amide bonds. The first-order chi connectivity index (χ1) is 16.7. The second kappa shape index (κ2) is 8.49. The summed E-state index contributed by atoms with van der Waals surface area (Å²) in [5.74, 6) is 0.457. The number of hydrogen-bond donors (Lipinski definition) is 1. The van der Waals surface area contributed by atoms with Gasteiger partial charge in [-0.15, -0.1) is 0 Å². The van der Waals surface area contributed by atoms with Crippen molar-refractivity contribution in [2.45, 2.75) is 42.5 Å². The number of ether oxygens (including phenoxy) is 1. The molecular weight excluding hydrogens is 471 g/mol. The summed E-state index contributed by atoms with van der Waals surface area (Å²) >= 11 is 0. The monoisotopic (exact) mass is 498 g/mol. The van der Waals surface area contributed by atoms with Gasteiger partial charge in [-0.2, -0.15) is 0 Å². The molecule has 2 aromatic heterocycles. The first-order valence-corrected chi connectivity index (χ1v) is 13.0. The summed E-state index contributed by atoms with van der Waals surface area (Å²) < 4.78 is 43.4. The summed E-state index contributed by atoms with van der Waals surface area (Å²) in [7, 11) is 0.283. The molecular formula is C24H27FN6O3S. The van der Waals surface area contributed by atoms with Crippen molar-refractivity contribution in [1.82, 2.24) is 15.1 Å². The van der Waals surface area contributed by atoms with Gasteiger partial charge in [-0.3, -0.25) is 4.99 Å². The van der Waals surface area contributed by atoms with Gasteiger partial charge in [0.2, 0.25) is 5.88 Å². The van der Waals surface area contributed by atoms with Crippen LogP contribution in [0.4, 0.5) is 4.39 Å². The van der Waals surface area contributed by atoms with Crippen molar-refractivity contribution >= 4 is 15.9 Å². The van der Waals surface area contributed by atoms with Crippen LogP contribution in [-0.4, -0.2) is 56.2 Å². The van der Waals surface area contributed by atoms with Crippen LogP contribution in [0.1, 0.15) is 31.7 Å². The van der Waals surface area contributed by atoms with Crippen LogP contribution in [0.5, 0.6) is 5.88 Å². The summed E-state index contributed by atoms with van der Waals surface area (Å²) in [5.41, 5.74) is 7.21. The summed E-state index contributed by atoms with van der Waals surface area (Å²) in [4.78, 5) is 13.2. The molecule has 0 saturated heterocycles. The van der Waals surface area contributed by atoms with Gasteiger partial charge in [0.05, 0.1) is 40.5 Å². The molecule has 2 aliphatic rings. The van der Waals surface area contributed by atoms with Crippen molar-refractivity contribution in [2.24, 2.45) is 15.1 Å². The van der Waals surface area contributed by atoms with Crippen molar-refractivity contribution in [3.05, 3.63) is 48.0 Å². The molecule has 0 bridgehead atoms. The third-order valence-electron chi connectivity index (χ3n) is 7.08. The fourth-order valence-electron chi connectivity index (χ4n) is 5.03. The normalized spacial score (nSPS) is 30.0. The fourth-order valence-corrected chi connectivity index (χ4v) is 8.03. The van der Waals surface area contributed by atoms with E-state index in [-0.39, 0.29) is 11.8 Å². The zero-order valence-electron chi connectivity index (χ0n) is 19.8. The first-order valence-electron chi connectivity index (χ1n) is 11.3. The molecule has 5 rings (SSSR count). The quantitative estimate of drug-likeness (QED) is 0.582. The van der Waals surface area contributed by atoms with Crippen molar-refractivity contribution in [3.63, 3.8) is 0 Å². The van der Waals surface area contributed by atoms with Gasteiger partial charge >= 0.3 is 0 Å². The number of hydrogen-bond acceptors (Lipinski definition) is 9. The average Bonchev–Trinajstić information content (AvgIpc) is 3.50. The number of aromatic nitrogens is 3. The highest BCUT2D eigenvalue weighted by molar-refractivity contribution is 7.95. The summed E-state index contributed by atoms with van der Waals surface area (Å²) in [6, 6.07) is 6.05. The molecule has 2 N–H and O–H groups in total. The number of rotatable bonds is 4. The smallest absolute Gasteiger partial charge is 0.232 e. The Morgan fingerprint density at radius 2 is 2.09 bits per heavy atom. The second-order valence-corrected chi connectivity index (χ2v) is 11.9. The standard InChI is InChI=1S/C24H27FN6O3S/c1-23(14-35(32,27-2)24(13-30-23)8-4-5-21(24)26)16-9-15(6-7-17(16)25)20-10-18(31-34-20)19-11-29-22(33-3)12-28-19/h6-7,9-13,21H,4-5,8,14,26H2,1-3H3/t21?,23-,24?,35?/m0/s1. The average molecular weight is 499 g/mol. The van der Waals surface area contributed by atoms with Crippen molar-refractivity contribution in [3.8, 4) is 28.6 Å². The lowest BCUT2D eigenvalue weighted by atomic mass is 9.91. The van der Waals surface area contributed by atoms with E-state index in [0.29, 0.717) is 40.6 Å². The van der Waals surface area contributed by atoms with Crippen LogP contribution < -0.4 is 10.5 Å². The van der Waals surface area contributed by atoms with E-state index < -0.39 is 25.8 Å². The Bertz CT molecular complexity index is 1410. The maximum absolute atomic E-state index is 15.2. The van der Waals surface area contributed by atoms with Gasteiger partial charge in [0.25, 0.3) is 0 Å². The Balaban J connectivity index is 1.52. The molecule has 0 radical (unpaired) electrons. The maximum atomic E-state index is 15.2. The van der Waals surface area contributed by atoms with E-state index in [1.807, 2.05) is 0 Å². The van der Waals surface area contributed by atoms with Gasteiger partial charge in [0.15, 0.2) is 5.76 Å². The number of nitrogens with zero attached hydrogens (tertiary/aromatic N) is 5. The van der Waals surface area contributed by atoms with Gasteiger partial charge in [-0.25, -0.2) is 22.9 Å². The summed E-state index contributed by atoms with van der Waals surface area (Å²) in [6.45, 7) is 1.78. The fraction of sp³-hybridized carbons (Fsp3) is 0.417. The highest BCUT2D eigenvalue weighted by Gasteiger charge is 2.54. The van der Waals surface area contributed by atoms with Gasteiger partial charge < -0.3 is 15.0 Å². The molecule has 3 unspecified atom stereocenters. The van der Waals surface area contributed by atoms with E-state index in [2.05, 4.69) is 19.5 Å². The first kappa shape index (κ1) is 23.6. The second-order valence-electron chi connectivity index (χ2n) is 9.17. The zero-order chi connectivity index (χ0) is 24.8. The molecule has 184 valence electrons. The minimum Gasteiger partial charge on any atom is -0.480 e. The molecule has 4 atom stereocenters. The number of benzene rings is 1. The van der Waals surface area contributed by atoms with Crippen LogP contribution in [-0.2, 0) is 15.3 Å². The lowest BCUT2D eigenvalue weighted by Gasteiger charge is -2.42. The van der Waals surface area contributed by atoms with Crippen LogP contribution in [0.25, 0.3) is 22.7 Å². The Labute approximate surface area is 203 Å². The summed E-state index contributed by atoms with van der Waals surface area (Å²) in [5, 5.41) is 4.08. The van der Waals surface area contributed by atoms with E-state index in [1.54, 1.807) is 38.4 Å². The van der Waals surface area contributed by atoms with Gasteiger partial charge in [0, 0.05) is 36.5 Å². The molecule has 1 aliphatic heterocycles. The van der Waals surface area contributed by atoms with Crippen molar-refractivity contribution < 1.29 is 17.9 Å². The topological polar surface area (TPSA) is 129 Å². The molecule has 3 heterocycles. The number of halogens is 1. The zero-order valence-corrected chi connectivity index (χ0v) is 20.6. The van der Waals surface area contributed by atoms with Crippen molar-refractivity contribution in [1.29, 1.82) is 0 Å². The van der Waals surface area contributed by atoms with Gasteiger partial charge in [-0.05, 0) is 44.4 Å². The molecule has 1 aromatic carbocycles. The van der Waals surface area contributed by atoms with Crippen LogP contribution in [0.2, 0.25) is 0 Å². The summed E-state index contributed by atoms with van der Waals surface area (Å²) in [6.07, 6.45) is 7.02. The van der Waals surface area contributed by atoms with E-state index in [4.69, 9.17) is 20.0 Å². The third kappa shape index (κ3) is 3.73. The SMILES string of the molecule is CN=S1(=O)C[C@@](C)(c2cc(-c3cc(-c4cnc(OC)cn4)no3)ccc2F)N=CC12CCCC2N. The van der Waals surface area contributed by atoms with Crippen molar-refractivity contribution in [2.75, 3.05) is 19.9 Å². The molecule has 1 spiro atoms. The van der Waals surface area contributed by atoms with E-state index in [0.717, 1.165) is 12.8 Å². The predicted octanol–water partition coefficient (Wildman–Crippen LogP) is 3.59. The van der Waals surface area contributed by atoms with E-state index in [9.17, 15) is 4.21 Å². The van der Waals surface area contributed by atoms with Crippen LogP contribution in [0.3, 0.4) is 0 Å². The Hall–Kier alpha value is -3.18. The van der Waals surface area contributed by atoms with E-state index in [1.165, 1.54) is 25.6 Å². The lowest BCUT2D eigenvalue weighted by Crippen LogP contribution is -2.57. The molecule has 35 heavy (non-hydrogen) atoms. The largest absolute Gasteiger partial charge is 0.480 e. The number of aliphatic imine (C=N–C) groups is 1. The van der Waals surface area contributed by atoms with Gasteiger partial charge in [0.1, 0.15) is 22.0 Å². The maximum Gasteiger partial charge on any atom is 0.232 e. The van der Waals surface area contributed by atoms with Crippen LogP contribution >= 0.6 is 0 Å². The van der Waals surface area contributed by atoms with Gasteiger partial charge in [-0.1, -0.05) is 5.16 Å². The predicted molar refractivity (Wildman–Crippen MR) is 131 cm³/mol. The molecule has 1 fully saturated rings. The number of nitrogens with two attached hydrogens (primary N) is 1. The van der Waals surface area contributed by atoms with Crippen LogP contribution in [0, 0.1) is 5.82 Å². The highest BCUT2D eigenvalue weighted by atomic mass is 32.2. The molecule has 1 aliphatic carbocycles. The van der Waals surface area contributed by atoms with E-state index >= 15 is 4.39 Å². The molecule has 11 heteroatoms. The minimum absolute atomic E-state index is 0.0875. The highest BCUT2D eigenvalue weighted by Crippen LogP contribution is 2.45. The Morgan fingerprint density at radius 3 is 2.74 bits per heavy atom. The lowest BCUT2D eigenvalue weighted by molar-refractivity contribution is 0.395. The van der Waals surface area contributed by atoms with Crippen LogP contribution in [0.15, 0.2) is 50.5 Å². The molecule has 1 saturated carbocycles. The number of methoxy groups -OCH3 is 1. The molecule has 9 nitrogen and oxygen atoms in total.